The van der Waals surface area contributed by atoms with Crippen molar-refractivity contribution in [1.29, 1.82) is 0 Å². The molecule has 2 rings (SSSR count). The van der Waals surface area contributed by atoms with Crippen molar-refractivity contribution in [3.63, 3.8) is 0 Å². The van der Waals surface area contributed by atoms with E-state index in [1.54, 1.807) is 26.3 Å². The summed E-state index contributed by atoms with van der Waals surface area (Å²) in [7, 11) is 0.271. The molecule has 0 heterocycles. The summed E-state index contributed by atoms with van der Waals surface area (Å²) < 4.78 is 28.1. The van der Waals surface area contributed by atoms with E-state index in [1.807, 2.05) is 12.1 Å². The van der Waals surface area contributed by atoms with Gasteiger partial charge in [0.2, 0.25) is 0 Å². The van der Waals surface area contributed by atoms with E-state index in [9.17, 15) is 8.42 Å². The Morgan fingerprint density at radius 3 is 2.11 bits per heavy atom. The molecular weight excluding hydrogens is 362 g/mol. The second-order valence-corrected chi connectivity index (χ2v) is 8.28. The Labute approximate surface area is 161 Å². The van der Waals surface area contributed by atoms with E-state index < -0.39 is 9.84 Å². The molecule has 0 atom stereocenters. The second-order valence-electron chi connectivity index (χ2n) is 6.27. The molecule has 0 aromatic heterocycles. The number of hydrogen-bond donors (Lipinski definition) is 2. The van der Waals surface area contributed by atoms with Gasteiger partial charge in [-0.3, -0.25) is 4.99 Å². The van der Waals surface area contributed by atoms with Crippen LogP contribution in [0.2, 0.25) is 0 Å². The highest BCUT2D eigenvalue weighted by atomic mass is 32.2. The van der Waals surface area contributed by atoms with E-state index in [-0.39, 0.29) is 0 Å². The number of guanidine groups is 1. The minimum atomic E-state index is -3.15. The van der Waals surface area contributed by atoms with Crippen LogP contribution in [0.15, 0.2) is 58.4 Å². The Morgan fingerprint density at radius 2 is 1.56 bits per heavy atom. The molecule has 2 aromatic rings. The molecule has 0 amide bonds. The first-order chi connectivity index (χ1) is 12.9. The Kier molecular flexibility index (Phi) is 7.82. The van der Waals surface area contributed by atoms with Crippen molar-refractivity contribution in [3.05, 3.63) is 65.2 Å². The number of sulfone groups is 1. The highest BCUT2D eigenvalue weighted by molar-refractivity contribution is 7.90. The number of benzene rings is 2. The minimum absolute atomic E-state index is 0.341. The zero-order chi connectivity index (χ0) is 19.7. The normalized spacial score (nSPS) is 12.0. The van der Waals surface area contributed by atoms with Gasteiger partial charge in [-0.25, -0.2) is 8.42 Å². The van der Waals surface area contributed by atoms with Crippen LogP contribution in [0.1, 0.15) is 16.7 Å². The third-order valence-electron chi connectivity index (χ3n) is 4.08. The third-order valence-corrected chi connectivity index (χ3v) is 5.20. The summed E-state index contributed by atoms with van der Waals surface area (Å²) in [6, 6.07) is 15.2. The minimum Gasteiger partial charge on any atom is -0.380 e. The summed E-state index contributed by atoms with van der Waals surface area (Å²) in [5.41, 5.74) is 3.37. The molecule has 0 aliphatic carbocycles. The van der Waals surface area contributed by atoms with E-state index >= 15 is 0 Å². The fourth-order valence-corrected chi connectivity index (χ4v) is 3.19. The van der Waals surface area contributed by atoms with Gasteiger partial charge in [0.15, 0.2) is 15.8 Å². The molecule has 27 heavy (non-hydrogen) atoms. The molecule has 0 saturated heterocycles. The van der Waals surface area contributed by atoms with Crippen molar-refractivity contribution < 1.29 is 13.2 Å². The van der Waals surface area contributed by atoms with Crippen molar-refractivity contribution in [2.45, 2.75) is 24.5 Å². The fourth-order valence-electron chi connectivity index (χ4n) is 2.55. The summed E-state index contributed by atoms with van der Waals surface area (Å²) >= 11 is 0. The van der Waals surface area contributed by atoms with Gasteiger partial charge >= 0.3 is 0 Å². The maximum Gasteiger partial charge on any atom is 0.191 e. The van der Waals surface area contributed by atoms with Gasteiger partial charge in [0.1, 0.15) is 0 Å². The molecule has 0 bridgehead atoms. The highest BCUT2D eigenvalue weighted by Gasteiger charge is 2.06. The van der Waals surface area contributed by atoms with Gasteiger partial charge in [0.25, 0.3) is 0 Å². The maximum atomic E-state index is 11.5. The van der Waals surface area contributed by atoms with Crippen LogP contribution in [0.4, 0.5) is 0 Å². The smallest absolute Gasteiger partial charge is 0.191 e. The monoisotopic (exact) mass is 389 g/mol. The molecule has 0 radical (unpaired) electrons. The highest BCUT2D eigenvalue weighted by Crippen LogP contribution is 2.10. The van der Waals surface area contributed by atoms with E-state index in [2.05, 4.69) is 39.9 Å². The molecule has 0 fully saturated rings. The first-order valence-corrected chi connectivity index (χ1v) is 10.6. The van der Waals surface area contributed by atoms with E-state index in [0.29, 0.717) is 24.6 Å². The quantitative estimate of drug-likeness (QED) is 0.534. The van der Waals surface area contributed by atoms with Gasteiger partial charge < -0.3 is 15.4 Å². The number of aliphatic imine (C=N–C) groups is 1. The lowest BCUT2D eigenvalue weighted by atomic mass is 10.1. The van der Waals surface area contributed by atoms with Crippen LogP contribution in [0.3, 0.4) is 0 Å². The molecular formula is C20H27N3O3S. The summed E-state index contributed by atoms with van der Waals surface area (Å²) in [5.74, 6) is 0.726. The first kappa shape index (κ1) is 20.9. The van der Waals surface area contributed by atoms with Crippen molar-refractivity contribution in [2.75, 3.05) is 27.0 Å². The fraction of sp³-hybridized carbons (Fsp3) is 0.350. The summed E-state index contributed by atoms with van der Waals surface area (Å²) in [6.45, 7) is 1.99. The van der Waals surface area contributed by atoms with Gasteiger partial charge in [0.05, 0.1) is 11.5 Å². The Bertz CT molecular complexity index is 845. The van der Waals surface area contributed by atoms with E-state index in [0.717, 1.165) is 29.1 Å². The average Bonchev–Trinajstić information content (AvgIpc) is 2.65. The first-order valence-electron chi connectivity index (χ1n) is 8.72. The SMILES string of the molecule is CN=C(NCCc1ccc(S(C)(=O)=O)cc1)NCc1ccc(COC)cc1. The van der Waals surface area contributed by atoms with Gasteiger partial charge in [0, 0.05) is 33.5 Å². The number of nitrogens with zero attached hydrogens (tertiary/aromatic N) is 1. The van der Waals surface area contributed by atoms with Gasteiger partial charge in [-0.2, -0.15) is 0 Å². The molecule has 0 spiro atoms. The molecule has 0 aliphatic heterocycles. The van der Waals surface area contributed by atoms with Crippen LogP contribution < -0.4 is 10.6 Å². The zero-order valence-corrected chi connectivity index (χ0v) is 16.8. The number of ether oxygens (including phenoxy) is 1. The Morgan fingerprint density at radius 1 is 0.963 bits per heavy atom. The average molecular weight is 390 g/mol. The molecule has 146 valence electrons. The molecule has 0 unspecified atom stereocenters. The van der Waals surface area contributed by atoms with Crippen molar-refractivity contribution in [2.24, 2.45) is 4.99 Å². The molecule has 0 aliphatic rings. The lowest BCUT2D eigenvalue weighted by Crippen LogP contribution is -2.37. The summed E-state index contributed by atoms with van der Waals surface area (Å²) in [5, 5.41) is 6.55. The standard InChI is InChI=1S/C20H27N3O3S/c1-21-20(23-14-17-4-6-18(7-5-17)15-26-2)22-13-12-16-8-10-19(11-9-16)27(3,24)25/h4-11H,12-15H2,1-3H3,(H2,21,22,23). The van der Waals surface area contributed by atoms with E-state index in [4.69, 9.17) is 4.74 Å². The molecule has 0 saturated carbocycles. The second kappa shape index (κ2) is 10.1. The van der Waals surface area contributed by atoms with Crippen LogP contribution in [0.5, 0.6) is 0 Å². The Balaban J connectivity index is 1.78. The van der Waals surface area contributed by atoms with Crippen molar-refractivity contribution >= 4 is 15.8 Å². The van der Waals surface area contributed by atoms with Gasteiger partial charge in [-0.1, -0.05) is 36.4 Å². The third kappa shape index (κ3) is 7.03. The van der Waals surface area contributed by atoms with Crippen LogP contribution in [0.25, 0.3) is 0 Å². The van der Waals surface area contributed by atoms with Crippen LogP contribution in [-0.2, 0) is 34.1 Å². The predicted octanol–water partition coefficient (Wildman–Crippen LogP) is 2.14. The van der Waals surface area contributed by atoms with Gasteiger partial charge in [-0.15, -0.1) is 0 Å². The topological polar surface area (TPSA) is 79.8 Å². The molecule has 6 nitrogen and oxygen atoms in total. The number of hydrogen-bond acceptors (Lipinski definition) is 4. The summed E-state index contributed by atoms with van der Waals surface area (Å²) in [4.78, 5) is 4.56. The largest absolute Gasteiger partial charge is 0.380 e. The lowest BCUT2D eigenvalue weighted by molar-refractivity contribution is 0.185. The number of rotatable bonds is 8. The number of nitrogens with one attached hydrogen (secondary N) is 2. The predicted molar refractivity (Wildman–Crippen MR) is 109 cm³/mol. The number of methoxy groups -OCH3 is 1. The molecule has 2 N–H and O–H groups in total. The zero-order valence-electron chi connectivity index (χ0n) is 16.0. The van der Waals surface area contributed by atoms with Crippen molar-refractivity contribution in [1.82, 2.24) is 10.6 Å². The van der Waals surface area contributed by atoms with Gasteiger partial charge in [-0.05, 0) is 35.2 Å². The van der Waals surface area contributed by atoms with Crippen LogP contribution >= 0.6 is 0 Å². The Hall–Kier alpha value is -2.38. The summed E-state index contributed by atoms with van der Waals surface area (Å²) in [6.07, 6.45) is 1.99. The molecule has 2 aromatic carbocycles. The van der Waals surface area contributed by atoms with E-state index in [1.165, 1.54) is 6.26 Å². The van der Waals surface area contributed by atoms with Crippen LogP contribution in [0, 0.1) is 0 Å². The molecule has 7 heteroatoms. The lowest BCUT2D eigenvalue weighted by Gasteiger charge is -2.12. The van der Waals surface area contributed by atoms with Crippen LogP contribution in [-0.4, -0.2) is 41.3 Å². The maximum absolute atomic E-state index is 11.5. The van der Waals surface area contributed by atoms with Crippen molar-refractivity contribution in [3.8, 4) is 0 Å².